The van der Waals surface area contributed by atoms with Crippen LogP contribution in [0.2, 0.25) is 5.02 Å². The highest BCUT2D eigenvalue weighted by Crippen LogP contribution is 2.38. The van der Waals surface area contributed by atoms with Gasteiger partial charge in [-0.1, -0.05) is 70.7 Å². The number of hydrogen-bond acceptors (Lipinski definition) is 16. The Morgan fingerprint density at radius 3 is 2.08 bits per heavy atom. The summed E-state index contributed by atoms with van der Waals surface area (Å²) in [7, 11) is 1.46. The normalized spacial score (nSPS) is 11.5. The van der Waals surface area contributed by atoms with E-state index < -0.39 is 11.1 Å². The van der Waals surface area contributed by atoms with Crippen LogP contribution in [0.4, 0.5) is 0 Å². The number of pyridine rings is 2. The summed E-state index contributed by atoms with van der Waals surface area (Å²) in [6, 6.07) is 27.5. The van der Waals surface area contributed by atoms with Crippen molar-refractivity contribution < 1.29 is 26.2 Å². The number of carbonyl (C=O) groups excluding carboxylic acids is 1. The maximum atomic E-state index is 14.3. The third-order valence-corrected chi connectivity index (χ3v) is 12.9. The molecule has 6 aromatic heterocycles. The molecule has 10 aromatic rings. The van der Waals surface area contributed by atoms with E-state index >= 15 is 0 Å². The number of carbonyl (C=O) groups is 1. The van der Waals surface area contributed by atoms with Crippen LogP contribution >= 0.6 is 81.7 Å². The van der Waals surface area contributed by atoms with Gasteiger partial charge in [0.2, 0.25) is 21.4 Å². The van der Waals surface area contributed by atoms with E-state index in [-0.39, 0.29) is 59.4 Å². The molecule has 4 aromatic carbocycles. The number of methoxy groups -OCH3 is 1. The molecule has 0 fully saturated rings. The summed E-state index contributed by atoms with van der Waals surface area (Å²) in [6.45, 7) is 0. The van der Waals surface area contributed by atoms with E-state index in [0.717, 1.165) is 0 Å². The Kier molecular flexibility index (Phi) is 10.2. The lowest BCUT2D eigenvalue weighted by atomic mass is 10.0. The molecule has 14 nitrogen and oxygen atoms in total. The summed E-state index contributed by atoms with van der Waals surface area (Å²) in [5.41, 5.74) is 2.13. The van der Waals surface area contributed by atoms with Crippen LogP contribution in [0.1, 0.15) is 15.9 Å². The van der Waals surface area contributed by atoms with E-state index in [1.807, 2.05) is 6.07 Å². The number of thiazole rings is 2. The number of hydrogen-bond donors (Lipinski definition) is 0. The third-order valence-electron chi connectivity index (χ3n) is 9.53. The number of benzene rings is 4. The van der Waals surface area contributed by atoms with Crippen molar-refractivity contribution in [3.05, 3.63) is 150 Å². The van der Waals surface area contributed by atoms with Crippen LogP contribution in [0.5, 0.6) is 23.0 Å². The minimum Gasteiger partial charge on any atom is -0.493 e. The van der Waals surface area contributed by atoms with Gasteiger partial charge in [-0.15, -0.1) is 0 Å². The van der Waals surface area contributed by atoms with E-state index in [0.29, 0.717) is 59.3 Å². The Hall–Kier alpha value is -6.23. The lowest BCUT2D eigenvalue weighted by molar-refractivity contribution is 0.103. The van der Waals surface area contributed by atoms with E-state index in [4.69, 9.17) is 62.4 Å². The summed E-state index contributed by atoms with van der Waals surface area (Å²) in [4.78, 5) is 58.8. The fraction of sp³-hybridized carbons (Fsp3) is 0.0238. The van der Waals surface area contributed by atoms with Gasteiger partial charge >= 0.3 is 0 Å². The second kappa shape index (κ2) is 15.9. The molecule has 304 valence electrons. The summed E-state index contributed by atoms with van der Waals surface area (Å²) >= 11 is 21.7. The van der Waals surface area contributed by atoms with E-state index in [2.05, 4.69) is 15.0 Å². The molecule has 62 heavy (non-hydrogen) atoms. The molecule has 10 rings (SSSR count). The lowest BCUT2D eigenvalue weighted by Gasteiger charge is -2.11. The predicted molar refractivity (Wildman–Crippen MR) is 249 cm³/mol. The smallest absolute Gasteiger partial charge is 0.290 e. The fourth-order valence-electron chi connectivity index (χ4n) is 6.60. The minimum atomic E-state index is -0.589. The first-order valence-corrected chi connectivity index (χ1v) is 21.7. The van der Waals surface area contributed by atoms with Gasteiger partial charge in [-0.3, -0.25) is 14.4 Å². The SMILES string of the molecule is COc1ccnc2c(=O)n(-c3nc4ccc(Oc5cc(-c6cc(OI)c7oc(=S)n(-c8nc9ccc(C(=O)c%10ccccc%10)cc9s8)c(=O)c7n6)ccc5Cl)cc4s3)c(=S)oc12. The second-order valence-electron chi connectivity index (χ2n) is 13.2. The monoisotopic (exact) mass is 1030 g/mol. The first-order valence-electron chi connectivity index (χ1n) is 18.0. The molecule has 0 aliphatic heterocycles. The van der Waals surface area contributed by atoms with Gasteiger partial charge in [-0.05, 0) is 66.9 Å². The van der Waals surface area contributed by atoms with Crippen molar-refractivity contribution >= 4 is 130 Å². The van der Waals surface area contributed by atoms with Crippen molar-refractivity contribution in [1.82, 2.24) is 29.1 Å². The average Bonchev–Trinajstić information content (AvgIpc) is 3.90. The van der Waals surface area contributed by atoms with Crippen molar-refractivity contribution in [1.29, 1.82) is 0 Å². The topological polar surface area (TPSA) is 167 Å². The van der Waals surface area contributed by atoms with Crippen molar-refractivity contribution in [2.45, 2.75) is 0 Å². The molecule has 6 heterocycles. The predicted octanol–water partition coefficient (Wildman–Crippen LogP) is 11.0. The van der Waals surface area contributed by atoms with Gasteiger partial charge in [0.25, 0.3) is 20.8 Å². The molecule has 0 aliphatic rings. The molecule has 0 saturated heterocycles. The number of nitrogens with zero attached hydrogens (tertiary/aromatic N) is 6. The minimum absolute atomic E-state index is 0.0419. The summed E-state index contributed by atoms with van der Waals surface area (Å²) < 4.78 is 32.7. The first kappa shape index (κ1) is 39.9. The van der Waals surface area contributed by atoms with E-state index in [9.17, 15) is 14.4 Å². The highest BCUT2D eigenvalue weighted by molar-refractivity contribution is 14.1. The van der Waals surface area contributed by atoms with Gasteiger partial charge in [-0.25, -0.2) is 29.1 Å². The molecule has 20 heteroatoms. The van der Waals surface area contributed by atoms with Gasteiger partial charge in [-0.2, -0.15) is 0 Å². The second-order valence-corrected chi connectivity index (χ2v) is 16.8. The number of fused-ring (bicyclic) bond motifs is 4. The zero-order valence-corrected chi connectivity index (χ0v) is 37.3. The number of ether oxygens (including phenoxy) is 2. The quantitative estimate of drug-likeness (QED) is 0.0761. The maximum absolute atomic E-state index is 14.3. The van der Waals surface area contributed by atoms with E-state index in [1.54, 1.807) is 114 Å². The fourth-order valence-corrected chi connectivity index (χ4v) is 9.70. The lowest BCUT2D eigenvalue weighted by Crippen LogP contribution is -2.20. The molecule has 0 radical (unpaired) electrons. The van der Waals surface area contributed by atoms with Crippen molar-refractivity contribution in [2.24, 2.45) is 0 Å². The number of rotatable bonds is 9. The summed E-state index contributed by atoms with van der Waals surface area (Å²) in [6.07, 6.45) is 1.45. The van der Waals surface area contributed by atoms with Crippen LogP contribution in [0.25, 0.3) is 64.2 Å². The standard InChI is InChI=1S/C42H20ClIN6O8S4/c1-54-27-13-14-45-32-35(27)56-41(59)49(37(32)52)39-48-25-12-9-22(17-31(25)62-39)55-28-15-20(7-10-23(28)43)26-18-29(58-44)36-33(46-26)38(53)50(42(60)57-36)40-47-24-11-8-21(16-30(24)61-40)34(51)19-5-3-2-4-6-19/h2-18H,1H3. The zero-order valence-electron chi connectivity index (χ0n) is 31.2. The van der Waals surface area contributed by atoms with Gasteiger partial charge in [0.15, 0.2) is 51.3 Å². The van der Waals surface area contributed by atoms with Crippen molar-refractivity contribution in [3.63, 3.8) is 0 Å². The number of ketones is 1. The van der Waals surface area contributed by atoms with Crippen molar-refractivity contribution in [2.75, 3.05) is 7.11 Å². The molecule has 0 atom stereocenters. The molecular formula is C42H20ClIN6O8S4. The molecule has 0 unspecified atom stereocenters. The Balaban J connectivity index is 0.987. The Labute approximate surface area is 383 Å². The molecule has 0 amide bonds. The summed E-state index contributed by atoms with van der Waals surface area (Å²) in [5, 5.41) is 0.813. The zero-order chi connectivity index (χ0) is 42.8. The summed E-state index contributed by atoms with van der Waals surface area (Å²) in [5.74, 6) is 1.09. The molecule has 0 aliphatic carbocycles. The third kappa shape index (κ3) is 6.95. The van der Waals surface area contributed by atoms with Crippen LogP contribution in [0.3, 0.4) is 0 Å². The molecular weight excluding hydrogens is 1010 g/mol. The average molecular weight is 1030 g/mol. The van der Waals surface area contributed by atoms with Gasteiger partial charge in [0.1, 0.15) is 11.5 Å². The van der Waals surface area contributed by atoms with Crippen LogP contribution < -0.4 is 23.7 Å². The molecule has 0 N–H and O–H groups in total. The van der Waals surface area contributed by atoms with Crippen LogP contribution in [0, 0.1) is 9.67 Å². The van der Waals surface area contributed by atoms with Crippen LogP contribution in [-0.2, 0) is 0 Å². The van der Waals surface area contributed by atoms with Gasteiger partial charge in [0.05, 0.1) is 38.3 Å². The first-order chi connectivity index (χ1) is 30.1. The highest BCUT2D eigenvalue weighted by Gasteiger charge is 2.22. The largest absolute Gasteiger partial charge is 0.493 e. The van der Waals surface area contributed by atoms with E-state index in [1.165, 1.54) is 45.1 Å². The Morgan fingerprint density at radius 1 is 0.726 bits per heavy atom. The van der Waals surface area contributed by atoms with Gasteiger partial charge < -0.3 is 21.4 Å². The van der Waals surface area contributed by atoms with Crippen molar-refractivity contribution in [3.8, 4) is 44.5 Å². The molecule has 0 bridgehead atoms. The maximum Gasteiger partial charge on any atom is 0.290 e. The van der Waals surface area contributed by atoms with Gasteiger partial charge in [0, 0.05) is 41.1 Å². The number of halogens is 2. The number of aromatic nitrogens is 6. The molecule has 0 spiro atoms. The Morgan fingerprint density at radius 2 is 1.39 bits per heavy atom. The van der Waals surface area contributed by atoms with Crippen LogP contribution in [0.15, 0.2) is 122 Å². The highest BCUT2D eigenvalue weighted by atomic mass is 127. The van der Waals surface area contributed by atoms with Crippen LogP contribution in [-0.4, -0.2) is 42.0 Å². The Bertz CT molecular complexity index is 3760. The molecule has 0 saturated carbocycles.